The summed E-state index contributed by atoms with van der Waals surface area (Å²) in [6.07, 6.45) is 3.20. The molecule has 0 bridgehead atoms. The monoisotopic (exact) mass is 251 g/mol. The van der Waals surface area contributed by atoms with Crippen LogP contribution in [0.25, 0.3) is 0 Å². The number of amides is 1. The van der Waals surface area contributed by atoms with Gasteiger partial charge in [-0.25, -0.2) is 0 Å². The molecule has 4 nitrogen and oxygen atoms in total. The fraction of sp³-hybridized carbons (Fsp3) is 0.133. The maximum Gasteiger partial charge on any atom is 0.252 e. The van der Waals surface area contributed by atoms with Crippen LogP contribution in [0.1, 0.15) is 27.5 Å². The predicted molar refractivity (Wildman–Crippen MR) is 71.2 cm³/mol. The summed E-state index contributed by atoms with van der Waals surface area (Å²) in [6, 6.07) is 12.1. The molecule has 1 N–H and O–H groups in total. The molecule has 0 saturated carbocycles. The Morgan fingerprint density at radius 3 is 2.84 bits per heavy atom. The van der Waals surface area contributed by atoms with Gasteiger partial charge in [-0.1, -0.05) is 23.8 Å². The zero-order valence-corrected chi connectivity index (χ0v) is 10.5. The zero-order chi connectivity index (χ0) is 13.7. The summed E-state index contributed by atoms with van der Waals surface area (Å²) in [5, 5.41) is 11.8. The van der Waals surface area contributed by atoms with Crippen LogP contribution in [0.4, 0.5) is 0 Å². The minimum Gasteiger partial charge on any atom is -0.332 e. The molecule has 0 aliphatic heterocycles. The first-order valence-corrected chi connectivity index (χ1v) is 5.88. The van der Waals surface area contributed by atoms with Gasteiger partial charge in [-0.3, -0.25) is 9.78 Å². The van der Waals surface area contributed by atoms with Gasteiger partial charge in [0.15, 0.2) is 0 Å². The standard InChI is InChI=1S/C15H13N3O/c1-11-4-2-5-12(8-11)15(19)18-14(9-16)13-6-3-7-17-10-13/h2-8,10,14H,1H3,(H,18,19). The summed E-state index contributed by atoms with van der Waals surface area (Å²) >= 11 is 0. The molecule has 94 valence electrons. The van der Waals surface area contributed by atoms with Crippen LogP contribution in [0.3, 0.4) is 0 Å². The van der Waals surface area contributed by atoms with Crippen LogP contribution < -0.4 is 5.32 Å². The molecular formula is C15H13N3O. The SMILES string of the molecule is Cc1cccc(C(=O)NC(C#N)c2cccnc2)c1. The van der Waals surface area contributed by atoms with Crippen LogP contribution in [0.5, 0.6) is 0 Å². The number of carbonyl (C=O) groups excluding carboxylic acids is 1. The Balaban J connectivity index is 2.16. The molecular weight excluding hydrogens is 238 g/mol. The van der Waals surface area contributed by atoms with E-state index < -0.39 is 6.04 Å². The van der Waals surface area contributed by atoms with Gasteiger partial charge in [0.05, 0.1) is 6.07 Å². The molecule has 0 saturated heterocycles. The third-order valence-corrected chi connectivity index (χ3v) is 2.70. The maximum atomic E-state index is 12.1. The van der Waals surface area contributed by atoms with Gasteiger partial charge in [0.1, 0.15) is 6.04 Å². The summed E-state index contributed by atoms with van der Waals surface area (Å²) in [6.45, 7) is 1.92. The van der Waals surface area contributed by atoms with Gasteiger partial charge in [0, 0.05) is 23.5 Å². The van der Waals surface area contributed by atoms with E-state index >= 15 is 0 Å². The van der Waals surface area contributed by atoms with Crippen molar-refractivity contribution in [3.63, 3.8) is 0 Å². The Bertz CT molecular complexity index is 617. The van der Waals surface area contributed by atoms with Crippen molar-refractivity contribution in [3.05, 3.63) is 65.5 Å². The first-order valence-electron chi connectivity index (χ1n) is 5.88. The highest BCUT2D eigenvalue weighted by Crippen LogP contribution is 2.12. The maximum absolute atomic E-state index is 12.1. The van der Waals surface area contributed by atoms with Gasteiger partial charge in [0.25, 0.3) is 5.91 Å². The largest absolute Gasteiger partial charge is 0.332 e. The predicted octanol–water partition coefficient (Wildman–Crippen LogP) is 2.38. The highest BCUT2D eigenvalue weighted by molar-refractivity contribution is 5.94. The fourth-order valence-corrected chi connectivity index (χ4v) is 1.74. The van der Waals surface area contributed by atoms with Gasteiger partial charge < -0.3 is 5.32 Å². The number of aromatic nitrogens is 1. The van der Waals surface area contributed by atoms with E-state index in [0.29, 0.717) is 11.1 Å². The Labute approximate surface area is 111 Å². The van der Waals surface area contributed by atoms with Gasteiger partial charge >= 0.3 is 0 Å². The van der Waals surface area contributed by atoms with E-state index in [1.165, 1.54) is 0 Å². The lowest BCUT2D eigenvalue weighted by Crippen LogP contribution is -2.27. The van der Waals surface area contributed by atoms with Gasteiger partial charge in [-0.15, -0.1) is 0 Å². The zero-order valence-electron chi connectivity index (χ0n) is 10.5. The Kier molecular flexibility index (Phi) is 3.89. The number of pyridine rings is 1. The van der Waals surface area contributed by atoms with E-state index in [0.717, 1.165) is 5.56 Å². The molecule has 0 aliphatic carbocycles. The molecule has 2 rings (SSSR count). The number of rotatable bonds is 3. The second-order valence-corrected chi connectivity index (χ2v) is 4.19. The first-order chi connectivity index (χ1) is 9.20. The number of nitriles is 1. The van der Waals surface area contributed by atoms with Crippen molar-refractivity contribution in [2.75, 3.05) is 0 Å². The Morgan fingerprint density at radius 2 is 2.21 bits per heavy atom. The van der Waals surface area contributed by atoms with Crippen LogP contribution in [-0.2, 0) is 0 Å². The van der Waals surface area contributed by atoms with Crippen LogP contribution in [0, 0.1) is 18.3 Å². The van der Waals surface area contributed by atoms with Crippen LogP contribution in [0.15, 0.2) is 48.8 Å². The average Bonchev–Trinajstić information content (AvgIpc) is 2.45. The molecule has 1 aromatic carbocycles. The highest BCUT2D eigenvalue weighted by Gasteiger charge is 2.15. The van der Waals surface area contributed by atoms with E-state index in [1.807, 2.05) is 19.1 Å². The number of nitrogens with one attached hydrogen (secondary N) is 1. The average molecular weight is 251 g/mol. The molecule has 0 radical (unpaired) electrons. The second-order valence-electron chi connectivity index (χ2n) is 4.19. The third kappa shape index (κ3) is 3.17. The van der Waals surface area contributed by atoms with Crippen molar-refractivity contribution in [1.29, 1.82) is 5.26 Å². The van der Waals surface area contributed by atoms with Gasteiger partial charge in [-0.05, 0) is 25.1 Å². The van der Waals surface area contributed by atoms with E-state index in [-0.39, 0.29) is 5.91 Å². The summed E-state index contributed by atoms with van der Waals surface area (Å²) in [5.74, 6) is -0.265. The molecule has 1 atom stereocenters. The molecule has 4 heteroatoms. The minimum absolute atomic E-state index is 0.265. The number of nitrogens with zero attached hydrogens (tertiary/aromatic N) is 2. The topological polar surface area (TPSA) is 65.8 Å². The third-order valence-electron chi connectivity index (χ3n) is 2.70. The second kappa shape index (κ2) is 5.78. The normalized spacial score (nSPS) is 11.4. The molecule has 0 fully saturated rings. The lowest BCUT2D eigenvalue weighted by molar-refractivity contribution is 0.0945. The van der Waals surface area contributed by atoms with Crippen molar-refractivity contribution in [2.24, 2.45) is 0 Å². The molecule has 19 heavy (non-hydrogen) atoms. The number of hydrogen-bond acceptors (Lipinski definition) is 3. The molecule has 1 unspecified atom stereocenters. The summed E-state index contributed by atoms with van der Waals surface area (Å²) < 4.78 is 0. The number of aryl methyl sites for hydroxylation is 1. The first kappa shape index (κ1) is 12.8. The smallest absolute Gasteiger partial charge is 0.252 e. The molecule has 2 aromatic rings. The molecule has 1 aromatic heterocycles. The Morgan fingerprint density at radius 1 is 1.37 bits per heavy atom. The number of carbonyl (C=O) groups is 1. The fourth-order valence-electron chi connectivity index (χ4n) is 1.74. The summed E-state index contributed by atoms with van der Waals surface area (Å²) in [4.78, 5) is 16.0. The number of benzene rings is 1. The highest BCUT2D eigenvalue weighted by atomic mass is 16.1. The lowest BCUT2D eigenvalue weighted by Gasteiger charge is -2.11. The quantitative estimate of drug-likeness (QED) is 0.910. The van der Waals surface area contributed by atoms with Crippen molar-refractivity contribution in [2.45, 2.75) is 13.0 Å². The van der Waals surface area contributed by atoms with Crippen LogP contribution >= 0.6 is 0 Å². The molecule has 0 spiro atoms. The van der Waals surface area contributed by atoms with Crippen LogP contribution in [-0.4, -0.2) is 10.9 Å². The minimum atomic E-state index is -0.693. The van der Waals surface area contributed by atoms with Gasteiger partial charge in [-0.2, -0.15) is 5.26 Å². The van der Waals surface area contributed by atoms with E-state index in [9.17, 15) is 4.79 Å². The molecule has 1 amide bonds. The number of hydrogen-bond donors (Lipinski definition) is 1. The van der Waals surface area contributed by atoms with Gasteiger partial charge in [0.2, 0.25) is 0 Å². The van der Waals surface area contributed by atoms with Crippen molar-refractivity contribution < 1.29 is 4.79 Å². The van der Waals surface area contributed by atoms with E-state index in [4.69, 9.17) is 5.26 Å². The summed E-state index contributed by atoms with van der Waals surface area (Å²) in [5.41, 5.74) is 2.22. The lowest BCUT2D eigenvalue weighted by atomic mass is 10.1. The molecule has 0 aliphatic rings. The van der Waals surface area contributed by atoms with Crippen LogP contribution in [0.2, 0.25) is 0 Å². The molecule has 1 heterocycles. The van der Waals surface area contributed by atoms with Crippen molar-refractivity contribution in [3.8, 4) is 6.07 Å². The Hall–Kier alpha value is -2.67. The summed E-state index contributed by atoms with van der Waals surface area (Å²) in [7, 11) is 0. The van der Waals surface area contributed by atoms with E-state index in [1.54, 1.807) is 36.7 Å². The van der Waals surface area contributed by atoms with E-state index in [2.05, 4.69) is 16.4 Å². The van der Waals surface area contributed by atoms with Crippen molar-refractivity contribution >= 4 is 5.91 Å². The van der Waals surface area contributed by atoms with Crippen molar-refractivity contribution in [1.82, 2.24) is 10.3 Å².